The number of hydrogen-bond acceptors (Lipinski definition) is 4. The summed E-state index contributed by atoms with van der Waals surface area (Å²) < 4.78 is 4.88. The van der Waals surface area contributed by atoms with Gasteiger partial charge in [-0.3, -0.25) is 4.79 Å². The van der Waals surface area contributed by atoms with Gasteiger partial charge in [-0.1, -0.05) is 34.1 Å². The zero-order chi connectivity index (χ0) is 22.6. The summed E-state index contributed by atoms with van der Waals surface area (Å²) in [5, 5.41) is 22.2. The molecule has 4 aliphatic carbocycles. The summed E-state index contributed by atoms with van der Waals surface area (Å²) in [5.41, 5.74) is 0.535. The Hall–Kier alpha value is -0.610. The highest BCUT2D eigenvalue weighted by atomic mass is 16.5. The van der Waals surface area contributed by atoms with E-state index < -0.39 is 0 Å². The van der Waals surface area contributed by atoms with Gasteiger partial charge < -0.3 is 14.9 Å². The van der Waals surface area contributed by atoms with E-state index in [0.29, 0.717) is 47.8 Å². The van der Waals surface area contributed by atoms with Crippen molar-refractivity contribution in [2.75, 3.05) is 7.11 Å². The summed E-state index contributed by atoms with van der Waals surface area (Å²) in [7, 11) is 1.48. The number of hydrogen-bond donors (Lipinski definition) is 2. The molecule has 4 rings (SSSR count). The quantitative estimate of drug-likeness (QED) is 0.584. The Morgan fingerprint density at radius 3 is 2.39 bits per heavy atom. The lowest BCUT2D eigenvalue weighted by atomic mass is 9.41. The molecule has 2 unspecified atom stereocenters. The Kier molecular flexibility index (Phi) is 6.55. The first-order chi connectivity index (χ1) is 14.7. The van der Waals surface area contributed by atoms with Crippen molar-refractivity contribution < 1.29 is 19.7 Å². The molecule has 0 aromatic heterocycles. The lowest BCUT2D eigenvalue weighted by Crippen LogP contribution is -2.62. The van der Waals surface area contributed by atoms with Crippen molar-refractivity contribution >= 4 is 5.97 Å². The summed E-state index contributed by atoms with van der Waals surface area (Å²) in [6, 6.07) is 0. The van der Waals surface area contributed by atoms with E-state index in [9.17, 15) is 15.0 Å². The van der Waals surface area contributed by atoms with Crippen LogP contribution < -0.4 is 0 Å². The Morgan fingerprint density at radius 2 is 1.71 bits per heavy atom. The molecular weight excluding hydrogens is 388 g/mol. The van der Waals surface area contributed by atoms with Gasteiger partial charge in [0.05, 0.1) is 19.3 Å². The van der Waals surface area contributed by atoms with Crippen molar-refractivity contribution in [1.82, 2.24) is 0 Å². The molecule has 2 N–H and O–H groups in total. The molecule has 0 aromatic carbocycles. The van der Waals surface area contributed by atoms with Crippen molar-refractivity contribution in [2.24, 2.45) is 52.3 Å². The predicted molar refractivity (Wildman–Crippen MR) is 122 cm³/mol. The number of esters is 1. The number of carbonyl (C=O) groups excluding carboxylic acids is 1. The van der Waals surface area contributed by atoms with Gasteiger partial charge in [0.15, 0.2) is 0 Å². The van der Waals surface area contributed by atoms with Crippen molar-refractivity contribution in [1.29, 1.82) is 0 Å². The molecular formula is C27H46O4. The van der Waals surface area contributed by atoms with Crippen molar-refractivity contribution in [3.8, 4) is 0 Å². The number of methoxy groups -OCH3 is 1. The van der Waals surface area contributed by atoms with E-state index in [1.54, 1.807) is 0 Å². The SMILES string of the molecule is CC[C@@H]1C2C[C@H](O)CC[C@@]2(C)[C@H]2CC[C@]3(C)[C@@H]([C@H](C)CCC(=O)OC)CC[C@H]3C2[C@@H]1O. The van der Waals surface area contributed by atoms with Gasteiger partial charge in [0.25, 0.3) is 0 Å². The minimum absolute atomic E-state index is 0.0952. The van der Waals surface area contributed by atoms with Crippen molar-refractivity contribution in [2.45, 2.75) is 104 Å². The first-order valence-electron chi connectivity index (χ1n) is 13.1. The van der Waals surface area contributed by atoms with Crippen LogP contribution in [-0.2, 0) is 9.53 Å². The van der Waals surface area contributed by atoms with Gasteiger partial charge in [-0.2, -0.15) is 0 Å². The Bertz CT molecular complexity index is 664. The summed E-state index contributed by atoms with van der Waals surface area (Å²) in [6.45, 7) is 9.58. The molecule has 0 radical (unpaired) electrons. The van der Waals surface area contributed by atoms with Gasteiger partial charge in [-0.05, 0) is 104 Å². The van der Waals surface area contributed by atoms with Crippen LogP contribution >= 0.6 is 0 Å². The topological polar surface area (TPSA) is 66.8 Å². The monoisotopic (exact) mass is 434 g/mol. The van der Waals surface area contributed by atoms with Crippen LogP contribution in [0, 0.1) is 52.3 Å². The second-order valence-corrected chi connectivity index (χ2v) is 12.2. The fourth-order valence-electron chi connectivity index (χ4n) is 9.58. The second kappa shape index (κ2) is 8.63. The van der Waals surface area contributed by atoms with E-state index in [2.05, 4.69) is 27.7 Å². The van der Waals surface area contributed by atoms with Crippen LogP contribution in [0.1, 0.15) is 91.9 Å². The molecule has 0 heterocycles. The van der Waals surface area contributed by atoms with Gasteiger partial charge in [-0.25, -0.2) is 0 Å². The number of fused-ring (bicyclic) bond motifs is 5. The Balaban J connectivity index is 1.58. The first kappa shape index (κ1) is 23.5. The molecule has 4 nitrogen and oxygen atoms in total. The molecule has 31 heavy (non-hydrogen) atoms. The van der Waals surface area contributed by atoms with Gasteiger partial charge in [0.2, 0.25) is 0 Å². The fourth-order valence-corrected chi connectivity index (χ4v) is 9.58. The fraction of sp³-hybridized carbons (Fsp3) is 0.963. The average molecular weight is 435 g/mol. The average Bonchev–Trinajstić information content (AvgIpc) is 3.10. The Morgan fingerprint density at radius 1 is 1.03 bits per heavy atom. The number of rotatable bonds is 5. The van der Waals surface area contributed by atoms with E-state index in [1.807, 2.05) is 0 Å². The summed E-state index contributed by atoms with van der Waals surface area (Å²) in [5.74, 6) is 3.41. The normalized spacial score (nSPS) is 50.2. The third-order valence-corrected chi connectivity index (χ3v) is 11.2. The standard InChI is InChI=1S/C27H46O4/c1-6-18-22-15-17(28)11-13-27(22,4)21-12-14-26(3)19(16(2)7-10-23(29)31-5)8-9-20(26)24(21)25(18)30/h16-22,24-25,28,30H,6-15H2,1-5H3/t16-,17-,18-,19-,20+,21+,22?,24?,25-,26-,27+/m1/s1. The molecule has 4 heteroatoms. The highest BCUT2D eigenvalue weighted by molar-refractivity contribution is 5.69. The zero-order valence-electron chi connectivity index (χ0n) is 20.5. The van der Waals surface area contributed by atoms with E-state index in [4.69, 9.17) is 4.74 Å². The smallest absolute Gasteiger partial charge is 0.305 e. The van der Waals surface area contributed by atoms with Crippen LogP contribution in [0.2, 0.25) is 0 Å². The minimum atomic E-state index is -0.230. The molecule has 0 spiro atoms. The van der Waals surface area contributed by atoms with Gasteiger partial charge in [0, 0.05) is 6.42 Å². The highest BCUT2D eigenvalue weighted by Gasteiger charge is 2.64. The summed E-state index contributed by atoms with van der Waals surface area (Å²) in [6.07, 6.45) is 9.87. The molecule has 4 aliphatic rings. The van der Waals surface area contributed by atoms with E-state index in [-0.39, 0.29) is 29.0 Å². The highest BCUT2D eigenvalue weighted by Crippen LogP contribution is 2.69. The number of aliphatic hydroxyl groups excluding tert-OH is 2. The maximum atomic E-state index is 11.8. The van der Waals surface area contributed by atoms with Crippen LogP contribution in [0.25, 0.3) is 0 Å². The summed E-state index contributed by atoms with van der Waals surface area (Å²) >= 11 is 0. The third kappa shape index (κ3) is 3.68. The van der Waals surface area contributed by atoms with Crippen LogP contribution in [0.5, 0.6) is 0 Å². The molecule has 178 valence electrons. The largest absolute Gasteiger partial charge is 0.469 e. The van der Waals surface area contributed by atoms with Gasteiger partial charge in [0.1, 0.15) is 0 Å². The third-order valence-electron chi connectivity index (χ3n) is 11.2. The molecule has 4 fully saturated rings. The number of aliphatic hydroxyl groups is 2. The van der Waals surface area contributed by atoms with Crippen molar-refractivity contribution in [3.05, 3.63) is 0 Å². The maximum absolute atomic E-state index is 11.8. The summed E-state index contributed by atoms with van der Waals surface area (Å²) in [4.78, 5) is 11.7. The van der Waals surface area contributed by atoms with Gasteiger partial charge >= 0.3 is 5.97 Å². The zero-order valence-corrected chi connectivity index (χ0v) is 20.5. The number of carbonyl (C=O) groups is 1. The molecule has 0 saturated heterocycles. The van der Waals surface area contributed by atoms with E-state index >= 15 is 0 Å². The Labute approximate surface area is 189 Å². The van der Waals surface area contributed by atoms with Crippen LogP contribution in [0.15, 0.2) is 0 Å². The molecule has 4 saturated carbocycles. The lowest BCUT2D eigenvalue weighted by Gasteiger charge is -2.64. The lowest BCUT2D eigenvalue weighted by molar-refractivity contribution is -0.203. The molecule has 0 aliphatic heterocycles. The maximum Gasteiger partial charge on any atom is 0.305 e. The van der Waals surface area contributed by atoms with Gasteiger partial charge in [-0.15, -0.1) is 0 Å². The number of ether oxygens (including phenoxy) is 1. The first-order valence-corrected chi connectivity index (χ1v) is 13.1. The van der Waals surface area contributed by atoms with Crippen LogP contribution in [0.3, 0.4) is 0 Å². The van der Waals surface area contributed by atoms with E-state index in [1.165, 1.54) is 32.8 Å². The minimum Gasteiger partial charge on any atom is -0.469 e. The predicted octanol–water partition coefficient (Wildman–Crippen LogP) is 5.20. The second-order valence-electron chi connectivity index (χ2n) is 12.2. The molecule has 11 atom stereocenters. The van der Waals surface area contributed by atoms with Crippen LogP contribution in [-0.4, -0.2) is 35.5 Å². The molecule has 0 bridgehead atoms. The van der Waals surface area contributed by atoms with Crippen molar-refractivity contribution in [3.63, 3.8) is 0 Å². The van der Waals surface area contributed by atoms with E-state index in [0.717, 1.165) is 32.1 Å². The molecule has 0 aromatic rings. The van der Waals surface area contributed by atoms with Crippen LogP contribution in [0.4, 0.5) is 0 Å². The molecule has 0 amide bonds.